The fourth-order valence-corrected chi connectivity index (χ4v) is 1.63. The first-order valence-electron chi connectivity index (χ1n) is 4.87. The summed E-state index contributed by atoms with van der Waals surface area (Å²) in [6.45, 7) is -1.38. The molecule has 8 heteroatoms. The molecule has 2 aromatic rings. The Morgan fingerprint density at radius 3 is 2.72 bits per heavy atom. The topological polar surface area (TPSA) is 38.1 Å². The van der Waals surface area contributed by atoms with Gasteiger partial charge in [0.05, 0.1) is 18.1 Å². The van der Waals surface area contributed by atoms with Crippen molar-refractivity contribution < 1.29 is 22.0 Å². The third-order valence-electron chi connectivity index (χ3n) is 2.06. The van der Waals surface area contributed by atoms with E-state index in [0.717, 1.165) is 12.1 Å². The Hall–Kier alpha value is -1.34. The number of fused-ring (bicyclic) bond motifs is 1. The van der Waals surface area contributed by atoms with Gasteiger partial charge in [-0.1, -0.05) is 11.6 Å². The number of nitrogens with one attached hydrogen (secondary N) is 1. The summed E-state index contributed by atoms with van der Waals surface area (Å²) in [6, 6.07) is 2.14. The molecular formula is C10H7ClF4N2O. The number of halogens is 5. The second kappa shape index (κ2) is 4.74. The zero-order chi connectivity index (χ0) is 13.3. The lowest BCUT2D eigenvalue weighted by Crippen LogP contribution is -2.28. The number of hydrogen-bond acceptors (Lipinski definition) is 3. The highest BCUT2D eigenvalue weighted by molar-refractivity contribution is 6.34. The van der Waals surface area contributed by atoms with Crippen LogP contribution in [0.4, 0.5) is 17.6 Å². The number of rotatable bonds is 3. The van der Waals surface area contributed by atoms with Gasteiger partial charge in [0.15, 0.2) is 5.58 Å². The van der Waals surface area contributed by atoms with Crippen molar-refractivity contribution in [2.24, 2.45) is 0 Å². The largest absolute Gasteiger partial charge is 0.438 e. The number of nitrogens with zero attached hydrogens (tertiary/aromatic N) is 1. The molecule has 1 N–H and O–H groups in total. The van der Waals surface area contributed by atoms with Crippen LogP contribution in [0, 0.1) is 5.82 Å². The van der Waals surface area contributed by atoms with Crippen LogP contribution in [0.1, 0.15) is 5.89 Å². The number of hydrogen-bond donors (Lipinski definition) is 1. The van der Waals surface area contributed by atoms with Crippen molar-refractivity contribution in [3.8, 4) is 0 Å². The van der Waals surface area contributed by atoms with Gasteiger partial charge in [0, 0.05) is 6.07 Å². The molecule has 0 atom stereocenters. The SMILES string of the molecule is Fc1cc(Cl)c2oc(CNCC(F)(F)F)nc2c1. The average molecular weight is 283 g/mol. The van der Waals surface area contributed by atoms with Crippen molar-refractivity contribution in [1.29, 1.82) is 0 Å². The Morgan fingerprint density at radius 2 is 2.06 bits per heavy atom. The van der Waals surface area contributed by atoms with Crippen molar-refractivity contribution in [3.05, 3.63) is 28.9 Å². The van der Waals surface area contributed by atoms with Gasteiger partial charge in [-0.2, -0.15) is 13.2 Å². The normalized spacial score (nSPS) is 12.3. The minimum Gasteiger partial charge on any atom is -0.438 e. The van der Waals surface area contributed by atoms with Crippen LogP contribution >= 0.6 is 11.6 Å². The Morgan fingerprint density at radius 1 is 1.33 bits per heavy atom. The highest BCUT2D eigenvalue weighted by Gasteiger charge is 2.26. The number of alkyl halides is 3. The summed E-state index contributed by atoms with van der Waals surface area (Å²) in [7, 11) is 0. The van der Waals surface area contributed by atoms with E-state index >= 15 is 0 Å². The molecule has 0 aliphatic heterocycles. The molecule has 98 valence electrons. The smallest absolute Gasteiger partial charge is 0.401 e. The lowest BCUT2D eigenvalue weighted by atomic mass is 10.3. The van der Waals surface area contributed by atoms with E-state index in [9.17, 15) is 17.6 Å². The summed E-state index contributed by atoms with van der Waals surface area (Å²) < 4.78 is 53.8. The van der Waals surface area contributed by atoms with E-state index in [0.29, 0.717) is 0 Å². The molecular weight excluding hydrogens is 276 g/mol. The molecule has 0 saturated heterocycles. The minimum absolute atomic E-state index is 0.0155. The first-order chi connectivity index (χ1) is 8.35. The van der Waals surface area contributed by atoms with E-state index in [1.807, 2.05) is 0 Å². The van der Waals surface area contributed by atoms with Crippen LogP contribution in [0.15, 0.2) is 16.5 Å². The molecule has 0 radical (unpaired) electrons. The van der Waals surface area contributed by atoms with E-state index in [1.54, 1.807) is 0 Å². The second-order valence-corrected chi connectivity index (χ2v) is 3.97. The summed E-state index contributed by atoms with van der Waals surface area (Å²) in [6.07, 6.45) is -4.31. The van der Waals surface area contributed by atoms with Gasteiger partial charge in [0.1, 0.15) is 11.3 Å². The maximum atomic E-state index is 13.0. The monoisotopic (exact) mass is 282 g/mol. The highest BCUT2D eigenvalue weighted by Crippen LogP contribution is 2.25. The molecule has 18 heavy (non-hydrogen) atoms. The maximum Gasteiger partial charge on any atom is 0.401 e. The van der Waals surface area contributed by atoms with Gasteiger partial charge in [0.2, 0.25) is 5.89 Å². The fourth-order valence-electron chi connectivity index (χ4n) is 1.39. The Kier molecular flexibility index (Phi) is 3.45. The minimum atomic E-state index is -4.31. The Labute approximate surface area is 104 Å². The van der Waals surface area contributed by atoms with Gasteiger partial charge in [-0.25, -0.2) is 9.37 Å². The van der Waals surface area contributed by atoms with E-state index in [2.05, 4.69) is 10.3 Å². The van der Waals surface area contributed by atoms with Gasteiger partial charge < -0.3 is 9.73 Å². The van der Waals surface area contributed by atoms with E-state index in [4.69, 9.17) is 16.0 Å². The lowest BCUT2D eigenvalue weighted by molar-refractivity contribution is -0.125. The molecule has 0 spiro atoms. The molecule has 0 fully saturated rings. The molecule has 1 aromatic carbocycles. The number of aromatic nitrogens is 1. The summed E-state index contributed by atoms with van der Waals surface area (Å²) in [4.78, 5) is 3.83. The summed E-state index contributed by atoms with van der Waals surface area (Å²) in [5.41, 5.74) is 0.325. The van der Waals surface area contributed by atoms with E-state index < -0.39 is 18.5 Å². The van der Waals surface area contributed by atoms with Crippen molar-refractivity contribution in [3.63, 3.8) is 0 Å². The summed E-state index contributed by atoms with van der Waals surface area (Å²) in [5, 5.41) is 2.15. The van der Waals surface area contributed by atoms with Gasteiger partial charge >= 0.3 is 6.18 Å². The average Bonchev–Trinajstić information content (AvgIpc) is 2.58. The highest BCUT2D eigenvalue weighted by atomic mass is 35.5. The van der Waals surface area contributed by atoms with Crippen LogP contribution in [-0.2, 0) is 6.54 Å². The van der Waals surface area contributed by atoms with Crippen LogP contribution in [0.2, 0.25) is 5.02 Å². The predicted molar refractivity (Wildman–Crippen MR) is 56.7 cm³/mol. The first-order valence-corrected chi connectivity index (χ1v) is 5.25. The van der Waals surface area contributed by atoms with Crippen molar-refractivity contribution in [2.75, 3.05) is 6.54 Å². The zero-order valence-corrected chi connectivity index (χ0v) is 9.57. The third kappa shape index (κ3) is 3.11. The second-order valence-electron chi connectivity index (χ2n) is 3.56. The Balaban J connectivity index is 2.13. The van der Waals surface area contributed by atoms with Crippen LogP contribution in [-0.4, -0.2) is 17.7 Å². The number of benzene rings is 1. The van der Waals surface area contributed by atoms with Crippen molar-refractivity contribution >= 4 is 22.7 Å². The van der Waals surface area contributed by atoms with Crippen LogP contribution in [0.3, 0.4) is 0 Å². The Bertz CT molecular complexity index is 567. The fraction of sp³-hybridized carbons (Fsp3) is 0.300. The van der Waals surface area contributed by atoms with Crippen LogP contribution in [0.25, 0.3) is 11.1 Å². The number of oxazole rings is 1. The maximum absolute atomic E-state index is 13.0. The standard InChI is InChI=1S/C10H7ClF4N2O/c11-6-1-5(12)2-7-9(6)18-8(17-7)3-16-4-10(13,14)15/h1-2,16H,3-4H2. The molecule has 0 amide bonds. The molecule has 2 rings (SSSR count). The van der Waals surface area contributed by atoms with Gasteiger partial charge in [-0.3, -0.25) is 0 Å². The van der Waals surface area contributed by atoms with Gasteiger partial charge in [-0.15, -0.1) is 0 Å². The predicted octanol–water partition coefficient (Wildman–Crippen LogP) is 3.27. The van der Waals surface area contributed by atoms with Crippen LogP contribution in [0.5, 0.6) is 0 Å². The molecule has 3 nitrogen and oxygen atoms in total. The molecule has 0 saturated carbocycles. The summed E-state index contributed by atoms with van der Waals surface area (Å²) in [5.74, 6) is -0.572. The van der Waals surface area contributed by atoms with E-state index in [-0.39, 0.29) is 28.6 Å². The molecule has 0 bridgehead atoms. The zero-order valence-electron chi connectivity index (χ0n) is 8.81. The van der Waals surface area contributed by atoms with Gasteiger partial charge in [-0.05, 0) is 6.07 Å². The molecule has 1 aromatic heterocycles. The molecule has 0 unspecified atom stereocenters. The van der Waals surface area contributed by atoms with Crippen molar-refractivity contribution in [1.82, 2.24) is 10.3 Å². The van der Waals surface area contributed by atoms with Crippen molar-refractivity contribution in [2.45, 2.75) is 12.7 Å². The molecule has 0 aliphatic carbocycles. The lowest BCUT2D eigenvalue weighted by Gasteiger charge is -2.05. The quantitative estimate of drug-likeness (QED) is 0.878. The van der Waals surface area contributed by atoms with Crippen LogP contribution < -0.4 is 5.32 Å². The summed E-state index contributed by atoms with van der Waals surface area (Å²) >= 11 is 5.71. The molecule has 0 aliphatic rings. The molecule has 1 heterocycles. The first kappa shape index (κ1) is 13.1. The van der Waals surface area contributed by atoms with Gasteiger partial charge in [0.25, 0.3) is 0 Å². The van der Waals surface area contributed by atoms with E-state index in [1.165, 1.54) is 0 Å². The third-order valence-corrected chi connectivity index (χ3v) is 2.34.